The molecule has 0 saturated heterocycles. The second-order valence-corrected chi connectivity index (χ2v) is 2.89. The SMILES string of the molecule is COc1ccnc(CCC(C)=O)c1. The summed E-state index contributed by atoms with van der Waals surface area (Å²) >= 11 is 0. The van der Waals surface area contributed by atoms with Crippen LogP contribution in [0.25, 0.3) is 0 Å². The van der Waals surface area contributed by atoms with Crippen molar-refractivity contribution in [1.29, 1.82) is 0 Å². The first kappa shape index (κ1) is 9.71. The number of aromatic nitrogens is 1. The van der Waals surface area contributed by atoms with Crippen LogP contribution in [0.3, 0.4) is 0 Å². The number of aryl methyl sites for hydroxylation is 1. The molecule has 0 aliphatic rings. The fraction of sp³-hybridized carbons (Fsp3) is 0.400. The normalized spacial score (nSPS) is 9.69. The van der Waals surface area contributed by atoms with Crippen LogP contribution in [0.4, 0.5) is 0 Å². The molecule has 0 radical (unpaired) electrons. The Morgan fingerprint density at radius 2 is 2.38 bits per heavy atom. The highest BCUT2D eigenvalue weighted by molar-refractivity contribution is 5.75. The van der Waals surface area contributed by atoms with E-state index in [0.29, 0.717) is 12.8 Å². The zero-order chi connectivity index (χ0) is 9.68. The van der Waals surface area contributed by atoms with Crippen molar-refractivity contribution in [2.75, 3.05) is 7.11 Å². The summed E-state index contributed by atoms with van der Waals surface area (Å²) in [6, 6.07) is 3.64. The van der Waals surface area contributed by atoms with Crippen LogP contribution in [0.15, 0.2) is 18.3 Å². The Morgan fingerprint density at radius 3 is 3.00 bits per heavy atom. The number of hydrogen-bond donors (Lipinski definition) is 0. The standard InChI is InChI=1S/C10H13NO2/c1-8(12)3-4-9-7-10(13-2)5-6-11-9/h5-7H,3-4H2,1-2H3. The van der Waals surface area contributed by atoms with Gasteiger partial charge in [0.05, 0.1) is 7.11 Å². The van der Waals surface area contributed by atoms with Gasteiger partial charge in [0, 0.05) is 24.4 Å². The Balaban J connectivity index is 2.61. The van der Waals surface area contributed by atoms with E-state index in [9.17, 15) is 4.79 Å². The Labute approximate surface area is 77.8 Å². The lowest BCUT2D eigenvalue weighted by Crippen LogP contribution is -1.96. The van der Waals surface area contributed by atoms with Crippen molar-refractivity contribution in [2.45, 2.75) is 19.8 Å². The zero-order valence-electron chi connectivity index (χ0n) is 7.91. The molecule has 1 rings (SSSR count). The van der Waals surface area contributed by atoms with E-state index in [0.717, 1.165) is 11.4 Å². The summed E-state index contributed by atoms with van der Waals surface area (Å²) in [4.78, 5) is 14.8. The highest BCUT2D eigenvalue weighted by Gasteiger charge is 1.99. The van der Waals surface area contributed by atoms with Crippen molar-refractivity contribution in [3.05, 3.63) is 24.0 Å². The van der Waals surface area contributed by atoms with Crippen LogP contribution in [0, 0.1) is 0 Å². The maximum absolute atomic E-state index is 10.7. The molecule has 70 valence electrons. The van der Waals surface area contributed by atoms with Crippen molar-refractivity contribution < 1.29 is 9.53 Å². The van der Waals surface area contributed by atoms with Crippen molar-refractivity contribution in [2.24, 2.45) is 0 Å². The Morgan fingerprint density at radius 1 is 1.62 bits per heavy atom. The van der Waals surface area contributed by atoms with Crippen LogP contribution in [0.1, 0.15) is 19.0 Å². The number of Topliss-reactive ketones (excluding diaryl/α,β-unsaturated/α-hetero) is 1. The van der Waals surface area contributed by atoms with Crippen molar-refractivity contribution in [1.82, 2.24) is 4.98 Å². The Bertz CT molecular complexity index is 297. The first-order valence-corrected chi connectivity index (χ1v) is 4.20. The van der Waals surface area contributed by atoms with Gasteiger partial charge in [-0.2, -0.15) is 0 Å². The molecule has 1 aromatic rings. The van der Waals surface area contributed by atoms with Crippen molar-refractivity contribution in [3.63, 3.8) is 0 Å². The number of hydrogen-bond acceptors (Lipinski definition) is 3. The lowest BCUT2D eigenvalue weighted by Gasteiger charge is -2.01. The molecule has 0 aromatic carbocycles. The zero-order valence-corrected chi connectivity index (χ0v) is 7.91. The van der Waals surface area contributed by atoms with Gasteiger partial charge in [-0.05, 0) is 19.4 Å². The van der Waals surface area contributed by atoms with E-state index in [4.69, 9.17) is 4.74 Å². The number of ether oxygens (including phenoxy) is 1. The van der Waals surface area contributed by atoms with Crippen molar-refractivity contribution in [3.8, 4) is 5.75 Å². The molecular formula is C10H13NO2. The highest BCUT2D eigenvalue weighted by Crippen LogP contribution is 2.11. The fourth-order valence-corrected chi connectivity index (χ4v) is 1.02. The van der Waals surface area contributed by atoms with Gasteiger partial charge in [-0.15, -0.1) is 0 Å². The molecule has 3 heteroatoms. The molecule has 0 unspecified atom stereocenters. The summed E-state index contributed by atoms with van der Waals surface area (Å²) in [7, 11) is 1.62. The summed E-state index contributed by atoms with van der Waals surface area (Å²) in [5, 5.41) is 0. The summed E-state index contributed by atoms with van der Waals surface area (Å²) in [6.07, 6.45) is 2.92. The van der Waals surface area contributed by atoms with Gasteiger partial charge >= 0.3 is 0 Å². The van der Waals surface area contributed by atoms with Gasteiger partial charge in [-0.25, -0.2) is 0 Å². The second-order valence-electron chi connectivity index (χ2n) is 2.89. The van der Waals surface area contributed by atoms with Gasteiger partial charge in [-0.1, -0.05) is 0 Å². The van der Waals surface area contributed by atoms with Gasteiger partial charge in [0.1, 0.15) is 11.5 Å². The molecule has 0 aliphatic carbocycles. The quantitative estimate of drug-likeness (QED) is 0.705. The maximum atomic E-state index is 10.7. The van der Waals surface area contributed by atoms with Gasteiger partial charge < -0.3 is 9.53 Å². The molecule has 1 aromatic heterocycles. The van der Waals surface area contributed by atoms with Crippen LogP contribution in [-0.4, -0.2) is 17.9 Å². The Kier molecular flexibility index (Phi) is 3.43. The maximum Gasteiger partial charge on any atom is 0.130 e. The van der Waals surface area contributed by atoms with E-state index in [1.165, 1.54) is 0 Å². The first-order chi connectivity index (χ1) is 6.22. The topological polar surface area (TPSA) is 39.2 Å². The average Bonchev–Trinajstić information content (AvgIpc) is 2.15. The van der Waals surface area contributed by atoms with Crippen LogP contribution in [0.2, 0.25) is 0 Å². The lowest BCUT2D eigenvalue weighted by atomic mass is 10.2. The molecule has 0 N–H and O–H groups in total. The number of carbonyl (C=O) groups excluding carboxylic acids is 1. The monoisotopic (exact) mass is 179 g/mol. The molecule has 0 aliphatic heterocycles. The summed E-state index contributed by atoms with van der Waals surface area (Å²) in [6.45, 7) is 1.58. The molecule has 0 atom stereocenters. The molecule has 0 spiro atoms. The second kappa shape index (κ2) is 4.60. The van der Waals surface area contributed by atoms with Gasteiger partial charge in [-0.3, -0.25) is 4.98 Å². The minimum Gasteiger partial charge on any atom is -0.497 e. The fourth-order valence-electron chi connectivity index (χ4n) is 1.02. The minimum absolute atomic E-state index is 0.185. The summed E-state index contributed by atoms with van der Waals surface area (Å²) in [5.41, 5.74) is 0.898. The molecule has 0 amide bonds. The van der Waals surface area contributed by atoms with Crippen LogP contribution >= 0.6 is 0 Å². The number of nitrogens with zero attached hydrogens (tertiary/aromatic N) is 1. The third-order valence-corrected chi connectivity index (χ3v) is 1.76. The molecule has 0 bridgehead atoms. The number of methoxy groups -OCH3 is 1. The highest BCUT2D eigenvalue weighted by atomic mass is 16.5. The number of rotatable bonds is 4. The predicted molar refractivity (Wildman–Crippen MR) is 49.8 cm³/mol. The van der Waals surface area contributed by atoms with Crippen LogP contribution in [-0.2, 0) is 11.2 Å². The molecular weight excluding hydrogens is 166 g/mol. The smallest absolute Gasteiger partial charge is 0.130 e. The van der Waals surface area contributed by atoms with E-state index in [-0.39, 0.29) is 5.78 Å². The molecule has 13 heavy (non-hydrogen) atoms. The van der Waals surface area contributed by atoms with E-state index in [1.54, 1.807) is 26.3 Å². The van der Waals surface area contributed by atoms with Crippen LogP contribution in [0.5, 0.6) is 5.75 Å². The van der Waals surface area contributed by atoms with E-state index in [2.05, 4.69) is 4.98 Å². The summed E-state index contributed by atoms with van der Waals surface area (Å²) < 4.78 is 5.04. The minimum atomic E-state index is 0.185. The van der Waals surface area contributed by atoms with Gasteiger partial charge in [0.15, 0.2) is 0 Å². The first-order valence-electron chi connectivity index (χ1n) is 4.20. The number of carbonyl (C=O) groups is 1. The predicted octanol–water partition coefficient (Wildman–Crippen LogP) is 1.61. The largest absolute Gasteiger partial charge is 0.497 e. The van der Waals surface area contributed by atoms with E-state index < -0.39 is 0 Å². The number of pyridine rings is 1. The van der Waals surface area contributed by atoms with Gasteiger partial charge in [0.25, 0.3) is 0 Å². The average molecular weight is 179 g/mol. The molecule has 0 saturated carbocycles. The lowest BCUT2D eigenvalue weighted by molar-refractivity contribution is -0.116. The third-order valence-electron chi connectivity index (χ3n) is 1.76. The molecule has 1 heterocycles. The van der Waals surface area contributed by atoms with E-state index >= 15 is 0 Å². The van der Waals surface area contributed by atoms with E-state index in [1.807, 2.05) is 6.07 Å². The van der Waals surface area contributed by atoms with Crippen molar-refractivity contribution >= 4 is 5.78 Å². The Hall–Kier alpha value is -1.38. The number of ketones is 1. The third kappa shape index (κ3) is 3.23. The van der Waals surface area contributed by atoms with Crippen LogP contribution < -0.4 is 4.74 Å². The molecule has 0 fully saturated rings. The molecule has 3 nitrogen and oxygen atoms in total. The van der Waals surface area contributed by atoms with Gasteiger partial charge in [0.2, 0.25) is 0 Å². The summed E-state index contributed by atoms with van der Waals surface area (Å²) in [5.74, 6) is 0.971.